The normalized spacial score (nSPS) is 11.6. The maximum Gasteiger partial charge on any atom is 0.242 e. The molecule has 3 aromatic carbocycles. The predicted octanol–water partition coefficient (Wildman–Crippen LogP) is 4.41. The minimum absolute atomic E-state index is 0.101. The van der Waals surface area contributed by atoms with Crippen molar-refractivity contribution in [3.8, 4) is 0 Å². The molecule has 1 unspecified atom stereocenters. The first kappa shape index (κ1) is 22.5. The zero-order chi connectivity index (χ0) is 22.2. The van der Waals surface area contributed by atoms with Crippen LogP contribution in [-0.4, -0.2) is 29.8 Å². The van der Waals surface area contributed by atoms with Crippen LogP contribution in [0.4, 0.5) is 4.39 Å². The molecule has 0 saturated carbocycles. The molecule has 0 bridgehead atoms. The molecular weight excluding hydrogens is 415 g/mol. The van der Waals surface area contributed by atoms with Crippen molar-refractivity contribution in [3.05, 3.63) is 106 Å². The predicted molar refractivity (Wildman–Crippen MR) is 120 cm³/mol. The van der Waals surface area contributed by atoms with Gasteiger partial charge in [0, 0.05) is 25.0 Å². The van der Waals surface area contributed by atoms with Crippen LogP contribution in [-0.2, 0) is 29.0 Å². The van der Waals surface area contributed by atoms with Gasteiger partial charge in [-0.2, -0.15) is 0 Å². The van der Waals surface area contributed by atoms with Gasteiger partial charge in [0.1, 0.15) is 11.9 Å². The molecule has 3 aromatic rings. The van der Waals surface area contributed by atoms with Crippen LogP contribution in [0.15, 0.2) is 78.9 Å². The molecule has 160 valence electrons. The minimum Gasteiger partial charge on any atom is -0.357 e. The second-order valence-corrected chi connectivity index (χ2v) is 7.71. The van der Waals surface area contributed by atoms with Crippen LogP contribution in [0.25, 0.3) is 0 Å². The summed E-state index contributed by atoms with van der Waals surface area (Å²) in [6.07, 6.45) is 0.465. The largest absolute Gasteiger partial charge is 0.357 e. The third-order valence-corrected chi connectivity index (χ3v) is 5.26. The monoisotopic (exact) mass is 438 g/mol. The number of halogens is 2. The number of hydrogen-bond donors (Lipinski definition) is 1. The SMILES string of the molecule is CNC(=O)C(Cc1ccccc1)N(Cc1ccc(F)cc1)C(=O)Cc1cccc(Cl)c1. The zero-order valence-corrected chi connectivity index (χ0v) is 18.0. The summed E-state index contributed by atoms with van der Waals surface area (Å²) in [6, 6.07) is 21.9. The van der Waals surface area contributed by atoms with Gasteiger partial charge in [0.25, 0.3) is 0 Å². The third-order valence-electron chi connectivity index (χ3n) is 5.03. The second-order valence-electron chi connectivity index (χ2n) is 7.27. The van der Waals surface area contributed by atoms with E-state index in [1.54, 1.807) is 42.3 Å². The van der Waals surface area contributed by atoms with Gasteiger partial charge in [0.2, 0.25) is 11.8 Å². The van der Waals surface area contributed by atoms with Crippen LogP contribution in [0.5, 0.6) is 0 Å². The Morgan fingerprint density at radius 3 is 2.26 bits per heavy atom. The Hall–Kier alpha value is -3.18. The molecule has 31 heavy (non-hydrogen) atoms. The van der Waals surface area contributed by atoms with Crippen molar-refractivity contribution in [3.63, 3.8) is 0 Å². The number of nitrogens with zero attached hydrogens (tertiary/aromatic N) is 1. The van der Waals surface area contributed by atoms with Crippen LogP contribution in [0.1, 0.15) is 16.7 Å². The van der Waals surface area contributed by atoms with Crippen LogP contribution in [0.2, 0.25) is 5.02 Å². The summed E-state index contributed by atoms with van der Waals surface area (Å²) in [4.78, 5) is 27.8. The van der Waals surface area contributed by atoms with Gasteiger partial charge in [-0.3, -0.25) is 9.59 Å². The van der Waals surface area contributed by atoms with Crippen molar-refractivity contribution in [2.45, 2.75) is 25.4 Å². The number of carbonyl (C=O) groups is 2. The highest BCUT2D eigenvalue weighted by molar-refractivity contribution is 6.30. The van der Waals surface area contributed by atoms with Crippen molar-refractivity contribution >= 4 is 23.4 Å². The van der Waals surface area contributed by atoms with E-state index in [2.05, 4.69) is 5.32 Å². The molecule has 0 fully saturated rings. The van der Waals surface area contributed by atoms with Gasteiger partial charge in [0.15, 0.2) is 0 Å². The minimum atomic E-state index is -0.718. The first-order valence-electron chi connectivity index (χ1n) is 10.00. The Kier molecular flexibility index (Phi) is 7.79. The molecule has 4 nitrogen and oxygen atoms in total. The molecular formula is C25H24ClFN2O2. The van der Waals surface area contributed by atoms with Gasteiger partial charge in [-0.15, -0.1) is 0 Å². The maximum atomic E-state index is 13.4. The Balaban J connectivity index is 1.93. The van der Waals surface area contributed by atoms with Gasteiger partial charge in [-0.05, 0) is 41.0 Å². The van der Waals surface area contributed by atoms with E-state index in [0.717, 1.165) is 16.7 Å². The van der Waals surface area contributed by atoms with Gasteiger partial charge in [0.05, 0.1) is 6.42 Å². The standard InChI is InChI=1S/C25H24ClFN2O2/c1-28-25(31)23(15-18-6-3-2-4-7-18)29(17-19-10-12-22(27)13-11-19)24(30)16-20-8-5-9-21(26)14-20/h2-14,23H,15-17H2,1H3,(H,28,31). The van der Waals surface area contributed by atoms with E-state index >= 15 is 0 Å². The quantitative estimate of drug-likeness (QED) is 0.566. The Bertz CT molecular complexity index is 1030. The number of hydrogen-bond acceptors (Lipinski definition) is 2. The molecule has 0 radical (unpaired) electrons. The highest BCUT2D eigenvalue weighted by atomic mass is 35.5. The summed E-state index contributed by atoms with van der Waals surface area (Å²) >= 11 is 6.07. The van der Waals surface area contributed by atoms with Crippen molar-refractivity contribution in [1.29, 1.82) is 0 Å². The molecule has 6 heteroatoms. The summed E-state index contributed by atoms with van der Waals surface area (Å²) in [5.74, 6) is -0.825. The molecule has 0 spiro atoms. The average Bonchev–Trinajstić information content (AvgIpc) is 2.77. The first-order chi connectivity index (χ1) is 15.0. The smallest absolute Gasteiger partial charge is 0.242 e. The van der Waals surface area contributed by atoms with E-state index in [-0.39, 0.29) is 30.6 Å². The van der Waals surface area contributed by atoms with Crippen LogP contribution < -0.4 is 5.32 Å². The lowest BCUT2D eigenvalue weighted by Crippen LogP contribution is -2.50. The fourth-order valence-electron chi connectivity index (χ4n) is 3.43. The number of nitrogens with one attached hydrogen (secondary N) is 1. The number of carbonyl (C=O) groups excluding carboxylic acids is 2. The van der Waals surface area contributed by atoms with Crippen molar-refractivity contribution in [1.82, 2.24) is 10.2 Å². The summed E-state index contributed by atoms with van der Waals surface area (Å²) < 4.78 is 13.4. The topological polar surface area (TPSA) is 49.4 Å². The van der Waals surface area contributed by atoms with Crippen LogP contribution in [0, 0.1) is 5.82 Å². The molecule has 0 saturated heterocycles. The van der Waals surface area contributed by atoms with E-state index in [9.17, 15) is 14.0 Å². The summed E-state index contributed by atoms with van der Waals surface area (Å²) in [6.45, 7) is 0.185. The van der Waals surface area contributed by atoms with Gasteiger partial charge in [-0.1, -0.05) is 66.2 Å². The van der Waals surface area contributed by atoms with Gasteiger partial charge < -0.3 is 10.2 Å². The fourth-order valence-corrected chi connectivity index (χ4v) is 3.64. The van der Waals surface area contributed by atoms with E-state index in [4.69, 9.17) is 11.6 Å². The summed E-state index contributed by atoms with van der Waals surface area (Å²) in [5, 5.41) is 3.22. The average molecular weight is 439 g/mol. The number of amides is 2. The maximum absolute atomic E-state index is 13.4. The molecule has 0 aliphatic heterocycles. The van der Waals surface area contributed by atoms with E-state index in [1.165, 1.54) is 12.1 Å². The molecule has 0 heterocycles. The van der Waals surface area contributed by atoms with Crippen LogP contribution >= 0.6 is 11.6 Å². The second kappa shape index (κ2) is 10.7. The lowest BCUT2D eigenvalue weighted by Gasteiger charge is -2.31. The Morgan fingerprint density at radius 1 is 0.935 bits per heavy atom. The highest BCUT2D eigenvalue weighted by Crippen LogP contribution is 2.18. The Labute approximate surface area is 186 Å². The third kappa shape index (κ3) is 6.40. The zero-order valence-electron chi connectivity index (χ0n) is 17.2. The molecule has 1 atom stereocenters. The number of rotatable bonds is 8. The van der Waals surface area contributed by atoms with Crippen molar-refractivity contribution in [2.75, 3.05) is 7.05 Å². The molecule has 0 aliphatic rings. The molecule has 1 N–H and O–H groups in total. The lowest BCUT2D eigenvalue weighted by atomic mass is 10.0. The summed E-state index contributed by atoms with van der Waals surface area (Å²) in [7, 11) is 1.55. The van der Waals surface area contributed by atoms with Crippen molar-refractivity contribution < 1.29 is 14.0 Å². The number of likely N-dealkylation sites (N-methyl/N-ethyl adjacent to an activating group) is 1. The van der Waals surface area contributed by atoms with E-state index in [1.807, 2.05) is 36.4 Å². The first-order valence-corrected chi connectivity index (χ1v) is 10.4. The molecule has 2 amide bonds. The Morgan fingerprint density at radius 2 is 1.61 bits per heavy atom. The van der Waals surface area contributed by atoms with E-state index in [0.29, 0.717) is 11.4 Å². The highest BCUT2D eigenvalue weighted by Gasteiger charge is 2.29. The van der Waals surface area contributed by atoms with Gasteiger partial charge >= 0.3 is 0 Å². The van der Waals surface area contributed by atoms with Crippen LogP contribution in [0.3, 0.4) is 0 Å². The molecule has 0 aromatic heterocycles. The van der Waals surface area contributed by atoms with Crippen molar-refractivity contribution in [2.24, 2.45) is 0 Å². The fraction of sp³-hybridized carbons (Fsp3) is 0.200. The number of benzene rings is 3. The summed E-state index contributed by atoms with van der Waals surface area (Å²) in [5.41, 5.74) is 2.44. The van der Waals surface area contributed by atoms with Gasteiger partial charge in [-0.25, -0.2) is 4.39 Å². The van der Waals surface area contributed by atoms with E-state index < -0.39 is 6.04 Å². The lowest BCUT2D eigenvalue weighted by molar-refractivity contribution is -0.140. The molecule has 0 aliphatic carbocycles. The molecule has 3 rings (SSSR count).